The number of hydrogen-bond acceptors (Lipinski definition) is 2. The van der Waals surface area contributed by atoms with E-state index in [0.717, 1.165) is 5.56 Å². The Kier molecular flexibility index (Phi) is 4.83. The number of hydrogen-bond donors (Lipinski definition) is 1. The van der Waals surface area contributed by atoms with Crippen molar-refractivity contribution >= 4 is 33.2 Å². The summed E-state index contributed by atoms with van der Waals surface area (Å²) in [6.07, 6.45) is 0. The maximum absolute atomic E-state index is 13.6. The van der Waals surface area contributed by atoms with Crippen molar-refractivity contribution in [1.82, 2.24) is 0 Å². The van der Waals surface area contributed by atoms with Crippen molar-refractivity contribution in [2.24, 2.45) is 0 Å². The fraction of sp³-hybridized carbons (Fsp3) is 0.143. The van der Waals surface area contributed by atoms with E-state index in [1.807, 2.05) is 0 Å². The Labute approximate surface area is 128 Å². The summed E-state index contributed by atoms with van der Waals surface area (Å²) in [7, 11) is 1.52. The molecule has 0 aliphatic heterocycles. The minimum absolute atomic E-state index is 0.167. The molecule has 106 valence electrons. The average molecular weight is 363 g/mol. The van der Waals surface area contributed by atoms with Crippen LogP contribution in [0.4, 0.5) is 14.5 Å². The molecule has 2 rings (SSSR count). The minimum Gasteiger partial charge on any atom is -0.495 e. The van der Waals surface area contributed by atoms with Crippen LogP contribution in [0.15, 0.2) is 34.8 Å². The summed E-state index contributed by atoms with van der Waals surface area (Å²) in [6.45, 7) is 0.249. The van der Waals surface area contributed by atoms with Crippen molar-refractivity contribution in [3.05, 3.63) is 57.0 Å². The fourth-order valence-corrected chi connectivity index (χ4v) is 2.40. The van der Waals surface area contributed by atoms with E-state index in [9.17, 15) is 8.78 Å². The highest BCUT2D eigenvalue weighted by Gasteiger charge is 2.10. The standard InChI is InChI=1S/C14H11BrClF2NO/c1-20-13-3-2-8(4-10(13)16)7-19-14-11(17)5-9(15)6-12(14)18/h2-6,19H,7H2,1H3. The molecule has 2 nitrogen and oxygen atoms in total. The van der Waals surface area contributed by atoms with Gasteiger partial charge in [0.25, 0.3) is 0 Å². The molecule has 0 aromatic heterocycles. The molecule has 0 aliphatic carbocycles. The van der Waals surface area contributed by atoms with Crippen molar-refractivity contribution in [3.63, 3.8) is 0 Å². The molecule has 0 aliphatic rings. The van der Waals surface area contributed by atoms with Crippen molar-refractivity contribution in [2.45, 2.75) is 6.54 Å². The Bertz CT molecular complexity index is 614. The normalized spacial score (nSPS) is 10.4. The van der Waals surface area contributed by atoms with E-state index < -0.39 is 11.6 Å². The molecule has 0 saturated carbocycles. The summed E-state index contributed by atoms with van der Waals surface area (Å²) in [6, 6.07) is 7.56. The predicted molar refractivity (Wildman–Crippen MR) is 79.4 cm³/mol. The van der Waals surface area contributed by atoms with Crippen molar-refractivity contribution in [2.75, 3.05) is 12.4 Å². The molecule has 0 atom stereocenters. The van der Waals surface area contributed by atoms with Crippen LogP contribution < -0.4 is 10.1 Å². The Morgan fingerprint density at radius 3 is 2.40 bits per heavy atom. The van der Waals surface area contributed by atoms with Gasteiger partial charge in [-0.05, 0) is 29.8 Å². The molecule has 20 heavy (non-hydrogen) atoms. The number of benzene rings is 2. The fourth-order valence-electron chi connectivity index (χ4n) is 1.72. The first-order valence-corrected chi connectivity index (χ1v) is 6.89. The van der Waals surface area contributed by atoms with Gasteiger partial charge in [0.05, 0.1) is 12.1 Å². The van der Waals surface area contributed by atoms with Gasteiger partial charge in [0.15, 0.2) is 0 Å². The molecule has 2 aromatic carbocycles. The van der Waals surface area contributed by atoms with Crippen LogP contribution in [-0.4, -0.2) is 7.11 Å². The number of nitrogens with one attached hydrogen (secondary N) is 1. The van der Waals surface area contributed by atoms with Crippen LogP contribution in [0.1, 0.15) is 5.56 Å². The molecule has 1 N–H and O–H groups in total. The summed E-state index contributed by atoms with van der Waals surface area (Å²) < 4.78 is 32.7. The average Bonchev–Trinajstić information content (AvgIpc) is 2.37. The van der Waals surface area contributed by atoms with Crippen LogP contribution in [0, 0.1) is 11.6 Å². The lowest BCUT2D eigenvalue weighted by molar-refractivity contribution is 0.415. The van der Waals surface area contributed by atoms with Gasteiger partial charge in [-0.25, -0.2) is 8.78 Å². The molecule has 0 amide bonds. The molecule has 6 heteroatoms. The first kappa shape index (κ1) is 15.1. The second-order valence-electron chi connectivity index (χ2n) is 4.07. The largest absolute Gasteiger partial charge is 0.495 e. The first-order valence-electron chi connectivity index (χ1n) is 5.72. The Morgan fingerprint density at radius 2 is 1.85 bits per heavy atom. The summed E-state index contributed by atoms with van der Waals surface area (Å²) in [5, 5.41) is 3.17. The van der Waals surface area contributed by atoms with Crippen LogP contribution in [0.2, 0.25) is 5.02 Å². The number of anilines is 1. The quantitative estimate of drug-likeness (QED) is 0.826. The maximum Gasteiger partial charge on any atom is 0.150 e. The van der Waals surface area contributed by atoms with Crippen LogP contribution in [-0.2, 0) is 6.54 Å². The van der Waals surface area contributed by atoms with Crippen LogP contribution in [0.25, 0.3) is 0 Å². The third-order valence-electron chi connectivity index (χ3n) is 2.69. The highest BCUT2D eigenvalue weighted by molar-refractivity contribution is 9.10. The molecule has 0 fully saturated rings. The van der Waals surface area contributed by atoms with Gasteiger partial charge >= 0.3 is 0 Å². The zero-order chi connectivity index (χ0) is 14.7. The van der Waals surface area contributed by atoms with Crippen molar-refractivity contribution in [1.29, 1.82) is 0 Å². The Hall–Kier alpha value is -1.33. The number of rotatable bonds is 4. The van der Waals surface area contributed by atoms with E-state index in [-0.39, 0.29) is 12.2 Å². The summed E-state index contributed by atoms with van der Waals surface area (Å²) in [5.41, 5.74) is 0.623. The molecular formula is C14H11BrClF2NO. The molecule has 0 radical (unpaired) electrons. The molecular weight excluding hydrogens is 352 g/mol. The van der Waals surface area contributed by atoms with E-state index in [1.54, 1.807) is 18.2 Å². The predicted octanol–water partition coefficient (Wildman–Crippen LogP) is 5.00. The lowest BCUT2D eigenvalue weighted by atomic mass is 10.2. The maximum atomic E-state index is 13.6. The van der Waals surface area contributed by atoms with E-state index in [2.05, 4.69) is 21.2 Å². The van der Waals surface area contributed by atoms with E-state index in [0.29, 0.717) is 15.2 Å². The second-order valence-corrected chi connectivity index (χ2v) is 5.39. The first-order chi connectivity index (χ1) is 9.51. The van der Waals surface area contributed by atoms with Crippen molar-refractivity contribution in [3.8, 4) is 5.75 Å². The third-order valence-corrected chi connectivity index (χ3v) is 3.45. The highest BCUT2D eigenvalue weighted by Crippen LogP contribution is 2.27. The lowest BCUT2D eigenvalue weighted by Gasteiger charge is -2.10. The van der Waals surface area contributed by atoms with Gasteiger partial charge < -0.3 is 10.1 Å². The summed E-state index contributed by atoms with van der Waals surface area (Å²) in [4.78, 5) is 0. The highest BCUT2D eigenvalue weighted by atomic mass is 79.9. The zero-order valence-electron chi connectivity index (χ0n) is 10.5. The van der Waals surface area contributed by atoms with Gasteiger partial charge in [0.1, 0.15) is 23.1 Å². The number of methoxy groups -OCH3 is 1. The van der Waals surface area contributed by atoms with Gasteiger partial charge in [-0.3, -0.25) is 0 Å². The van der Waals surface area contributed by atoms with Gasteiger partial charge in [0.2, 0.25) is 0 Å². The van der Waals surface area contributed by atoms with E-state index in [4.69, 9.17) is 16.3 Å². The van der Waals surface area contributed by atoms with E-state index >= 15 is 0 Å². The Morgan fingerprint density at radius 1 is 1.20 bits per heavy atom. The van der Waals surface area contributed by atoms with Crippen LogP contribution >= 0.6 is 27.5 Å². The summed E-state index contributed by atoms with van der Waals surface area (Å²) in [5.74, 6) is -0.760. The molecule has 2 aromatic rings. The van der Waals surface area contributed by atoms with Crippen molar-refractivity contribution < 1.29 is 13.5 Å². The van der Waals surface area contributed by atoms with Gasteiger partial charge in [-0.1, -0.05) is 33.6 Å². The molecule has 0 bridgehead atoms. The molecule has 0 unspecified atom stereocenters. The second kappa shape index (κ2) is 6.41. The lowest BCUT2D eigenvalue weighted by Crippen LogP contribution is -2.04. The third kappa shape index (κ3) is 3.41. The Balaban J connectivity index is 2.15. The number of ether oxygens (including phenoxy) is 1. The van der Waals surface area contributed by atoms with Crippen LogP contribution in [0.5, 0.6) is 5.75 Å². The molecule has 0 saturated heterocycles. The molecule has 0 spiro atoms. The SMILES string of the molecule is COc1ccc(CNc2c(F)cc(Br)cc2F)cc1Cl. The molecule has 0 heterocycles. The number of halogens is 4. The van der Waals surface area contributed by atoms with Crippen LogP contribution in [0.3, 0.4) is 0 Å². The van der Waals surface area contributed by atoms with E-state index in [1.165, 1.54) is 19.2 Å². The monoisotopic (exact) mass is 361 g/mol. The zero-order valence-corrected chi connectivity index (χ0v) is 12.9. The van der Waals surface area contributed by atoms with Gasteiger partial charge in [0, 0.05) is 11.0 Å². The smallest absolute Gasteiger partial charge is 0.150 e. The summed E-state index contributed by atoms with van der Waals surface area (Å²) >= 11 is 9.02. The minimum atomic E-state index is -0.656. The van der Waals surface area contributed by atoms with Gasteiger partial charge in [-0.2, -0.15) is 0 Å². The topological polar surface area (TPSA) is 21.3 Å². The van der Waals surface area contributed by atoms with Gasteiger partial charge in [-0.15, -0.1) is 0 Å².